The maximum Gasteiger partial charge on any atom is 0.338 e. The Bertz CT molecular complexity index is 656. The van der Waals surface area contributed by atoms with E-state index >= 15 is 0 Å². The van der Waals surface area contributed by atoms with Gasteiger partial charge in [-0.1, -0.05) is 38.1 Å². The number of hydrogen-bond acceptors (Lipinski definition) is 2. The zero-order valence-electron chi connectivity index (χ0n) is 12.3. The third kappa shape index (κ3) is 4.33. The molecule has 0 saturated heterocycles. The van der Waals surface area contributed by atoms with Crippen LogP contribution in [0, 0.1) is 5.82 Å². The highest BCUT2D eigenvalue weighted by Gasteiger charge is 2.19. The lowest BCUT2D eigenvalue weighted by Crippen LogP contribution is -2.03. The molecule has 21 heavy (non-hydrogen) atoms. The zero-order chi connectivity index (χ0) is 15.5. The third-order valence-electron chi connectivity index (χ3n) is 3.02. The smallest absolute Gasteiger partial charge is 0.338 e. The SMILES string of the molecule is CC(C)c1ccc(O[P@@](C)(=O)Nc2ccccc2F)cc1. The molecule has 0 heterocycles. The van der Waals surface area contributed by atoms with Gasteiger partial charge < -0.3 is 9.61 Å². The summed E-state index contributed by atoms with van der Waals surface area (Å²) in [5, 5.41) is 2.63. The number of benzene rings is 2. The fourth-order valence-corrected chi connectivity index (χ4v) is 3.10. The van der Waals surface area contributed by atoms with Crippen LogP contribution in [0.15, 0.2) is 48.5 Å². The standard InChI is InChI=1S/C16H19FNO2P/c1-12(2)13-8-10-14(11-9-13)20-21(3,19)18-16-7-5-4-6-15(16)17/h4-12H,1-3H3,(H,18,19)/t21-/m1/s1. The van der Waals surface area contributed by atoms with Gasteiger partial charge in [-0.05, 0) is 35.7 Å². The van der Waals surface area contributed by atoms with E-state index in [2.05, 4.69) is 18.9 Å². The second kappa shape index (κ2) is 6.31. The first-order valence-electron chi connectivity index (χ1n) is 6.77. The maximum atomic E-state index is 13.6. The molecule has 0 unspecified atom stereocenters. The van der Waals surface area contributed by atoms with Gasteiger partial charge in [0.05, 0.1) is 5.69 Å². The molecule has 2 aromatic rings. The summed E-state index contributed by atoms with van der Waals surface area (Å²) < 4.78 is 31.5. The fraction of sp³-hybridized carbons (Fsp3) is 0.250. The lowest BCUT2D eigenvalue weighted by molar-refractivity contribution is 0.493. The van der Waals surface area contributed by atoms with E-state index in [4.69, 9.17) is 4.52 Å². The van der Waals surface area contributed by atoms with Gasteiger partial charge in [-0.15, -0.1) is 0 Å². The molecular formula is C16H19FNO2P. The first-order chi connectivity index (χ1) is 9.87. The van der Waals surface area contributed by atoms with Crippen LogP contribution in [-0.4, -0.2) is 6.66 Å². The van der Waals surface area contributed by atoms with E-state index in [9.17, 15) is 8.96 Å². The molecular weight excluding hydrogens is 288 g/mol. The lowest BCUT2D eigenvalue weighted by atomic mass is 10.0. The molecule has 0 aliphatic carbocycles. The monoisotopic (exact) mass is 307 g/mol. The predicted molar refractivity (Wildman–Crippen MR) is 84.7 cm³/mol. The number of anilines is 1. The van der Waals surface area contributed by atoms with E-state index in [1.165, 1.54) is 24.4 Å². The Labute approximate surface area is 124 Å². The summed E-state index contributed by atoms with van der Waals surface area (Å²) in [4.78, 5) is 0. The van der Waals surface area contributed by atoms with Crippen LogP contribution in [0.2, 0.25) is 0 Å². The largest absolute Gasteiger partial charge is 0.429 e. The van der Waals surface area contributed by atoms with Crippen LogP contribution in [0.4, 0.5) is 10.1 Å². The van der Waals surface area contributed by atoms with Crippen molar-refractivity contribution in [2.75, 3.05) is 11.8 Å². The van der Waals surface area contributed by atoms with E-state index in [1.54, 1.807) is 24.3 Å². The van der Waals surface area contributed by atoms with E-state index < -0.39 is 13.3 Å². The Morgan fingerprint density at radius 2 is 1.71 bits per heavy atom. The minimum absolute atomic E-state index is 0.169. The molecule has 0 aliphatic rings. The van der Waals surface area contributed by atoms with Crippen LogP contribution in [0.3, 0.4) is 0 Å². The summed E-state index contributed by atoms with van der Waals surface area (Å²) in [6.45, 7) is 5.62. The van der Waals surface area contributed by atoms with Crippen LogP contribution < -0.4 is 9.61 Å². The highest BCUT2D eigenvalue weighted by molar-refractivity contribution is 7.60. The van der Waals surface area contributed by atoms with Crippen molar-refractivity contribution >= 4 is 13.2 Å². The van der Waals surface area contributed by atoms with Crippen molar-refractivity contribution in [2.24, 2.45) is 0 Å². The summed E-state index contributed by atoms with van der Waals surface area (Å²) >= 11 is 0. The average Bonchev–Trinajstić information content (AvgIpc) is 2.41. The Balaban J connectivity index is 2.10. The van der Waals surface area contributed by atoms with Gasteiger partial charge in [0, 0.05) is 6.66 Å². The Hall–Kier alpha value is -1.80. The summed E-state index contributed by atoms with van der Waals surface area (Å²) in [5.41, 5.74) is 1.34. The zero-order valence-corrected chi connectivity index (χ0v) is 13.2. The first kappa shape index (κ1) is 15.6. The average molecular weight is 307 g/mol. The van der Waals surface area contributed by atoms with Crippen molar-refractivity contribution in [2.45, 2.75) is 19.8 Å². The molecule has 0 spiro atoms. The Morgan fingerprint density at radius 1 is 1.10 bits per heavy atom. The van der Waals surface area contributed by atoms with Gasteiger partial charge in [-0.25, -0.2) is 4.39 Å². The van der Waals surface area contributed by atoms with Crippen LogP contribution in [-0.2, 0) is 4.57 Å². The topological polar surface area (TPSA) is 38.3 Å². The van der Waals surface area contributed by atoms with Crippen molar-refractivity contribution in [3.8, 4) is 5.75 Å². The van der Waals surface area contributed by atoms with Gasteiger partial charge in [0.2, 0.25) is 0 Å². The number of hydrogen-bond donors (Lipinski definition) is 1. The molecule has 0 saturated carbocycles. The van der Waals surface area contributed by atoms with Crippen LogP contribution in [0.1, 0.15) is 25.3 Å². The minimum atomic E-state index is -3.19. The van der Waals surface area contributed by atoms with Crippen LogP contribution in [0.5, 0.6) is 5.75 Å². The van der Waals surface area contributed by atoms with E-state index in [0.717, 1.165) is 0 Å². The molecule has 112 valence electrons. The minimum Gasteiger partial charge on any atom is -0.429 e. The maximum absolute atomic E-state index is 13.6. The lowest BCUT2D eigenvalue weighted by Gasteiger charge is -2.18. The molecule has 1 atom stereocenters. The molecule has 3 nitrogen and oxygen atoms in total. The molecule has 0 aromatic heterocycles. The number of para-hydroxylation sites is 1. The number of rotatable bonds is 5. The Morgan fingerprint density at radius 3 is 2.29 bits per heavy atom. The second-order valence-electron chi connectivity index (χ2n) is 5.25. The van der Waals surface area contributed by atoms with Gasteiger partial charge in [0.25, 0.3) is 0 Å². The molecule has 1 N–H and O–H groups in total. The molecule has 0 fully saturated rings. The normalized spacial score (nSPS) is 13.8. The van der Waals surface area contributed by atoms with Crippen molar-refractivity contribution in [1.82, 2.24) is 0 Å². The number of nitrogens with one attached hydrogen (secondary N) is 1. The van der Waals surface area contributed by atoms with Crippen LogP contribution in [0.25, 0.3) is 0 Å². The molecule has 5 heteroatoms. The van der Waals surface area contributed by atoms with E-state index in [1.807, 2.05) is 12.1 Å². The fourth-order valence-electron chi connectivity index (χ4n) is 1.91. The molecule has 0 aliphatic heterocycles. The summed E-state index contributed by atoms with van der Waals surface area (Å²) in [6.07, 6.45) is 0. The summed E-state index contributed by atoms with van der Waals surface area (Å²) in [5.74, 6) is 0.455. The number of halogens is 1. The predicted octanol–water partition coefficient (Wildman–Crippen LogP) is 5.26. The molecule has 2 aromatic carbocycles. The van der Waals surface area contributed by atoms with Gasteiger partial charge in [-0.3, -0.25) is 4.57 Å². The first-order valence-corrected chi connectivity index (χ1v) is 8.84. The quantitative estimate of drug-likeness (QED) is 0.765. The highest BCUT2D eigenvalue weighted by Crippen LogP contribution is 2.43. The van der Waals surface area contributed by atoms with Crippen molar-refractivity contribution in [3.05, 3.63) is 59.9 Å². The van der Waals surface area contributed by atoms with Gasteiger partial charge in [0.15, 0.2) is 0 Å². The van der Waals surface area contributed by atoms with Gasteiger partial charge >= 0.3 is 7.52 Å². The summed E-state index contributed by atoms with van der Waals surface area (Å²) in [6, 6.07) is 13.5. The van der Waals surface area contributed by atoms with Crippen molar-refractivity contribution in [1.29, 1.82) is 0 Å². The molecule has 0 amide bonds. The van der Waals surface area contributed by atoms with Gasteiger partial charge in [-0.2, -0.15) is 0 Å². The van der Waals surface area contributed by atoms with Crippen LogP contribution >= 0.6 is 7.52 Å². The van der Waals surface area contributed by atoms with E-state index in [-0.39, 0.29) is 5.69 Å². The third-order valence-corrected chi connectivity index (χ3v) is 4.23. The highest BCUT2D eigenvalue weighted by atomic mass is 31.2. The molecule has 2 rings (SSSR count). The van der Waals surface area contributed by atoms with Gasteiger partial charge in [0.1, 0.15) is 11.6 Å². The summed E-state index contributed by atoms with van der Waals surface area (Å²) in [7, 11) is -3.19. The molecule has 0 radical (unpaired) electrons. The van der Waals surface area contributed by atoms with Crippen molar-refractivity contribution < 1.29 is 13.5 Å². The second-order valence-corrected chi connectivity index (χ2v) is 7.35. The van der Waals surface area contributed by atoms with Crippen molar-refractivity contribution in [3.63, 3.8) is 0 Å². The molecule has 0 bridgehead atoms. The Kier molecular flexibility index (Phi) is 4.69. The van der Waals surface area contributed by atoms with E-state index in [0.29, 0.717) is 11.7 Å².